The number of benzene rings is 3. The topological polar surface area (TPSA) is 71.8 Å². The molecule has 6 heteroatoms. The van der Waals surface area contributed by atoms with Gasteiger partial charge in [0.1, 0.15) is 11.3 Å². The van der Waals surface area contributed by atoms with Gasteiger partial charge in [-0.15, -0.1) is 0 Å². The fourth-order valence-electron chi connectivity index (χ4n) is 3.61. The first kappa shape index (κ1) is 19.7. The number of hydrogen-bond donors (Lipinski definition) is 1. The lowest BCUT2D eigenvalue weighted by Crippen LogP contribution is -2.30. The first-order valence-corrected chi connectivity index (χ1v) is 9.60. The van der Waals surface area contributed by atoms with Crippen LogP contribution in [0.4, 0.5) is 5.69 Å². The molecular formula is C24H22N2O4. The van der Waals surface area contributed by atoms with Crippen LogP contribution in [0.1, 0.15) is 5.56 Å². The fourth-order valence-corrected chi connectivity index (χ4v) is 3.61. The number of hydrogen-bond acceptors (Lipinski definition) is 5. The largest absolute Gasteiger partial charge is 0.497 e. The summed E-state index contributed by atoms with van der Waals surface area (Å²) in [5.41, 5.74) is 1.68. The van der Waals surface area contributed by atoms with Gasteiger partial charge in [-0.2, -0.15) is 0 Å². The molecule has 0 spiro atoms. The number of nitrogens with zero attached hydrogens (tertiary/aromatic N) is 1. The van der Waals surface area contributed by atoms with Crippen molar-refractivity contribution in [3.05, 3.63) is 82.7 Å². The third kappa shape index (κ3) is 4.18. The lowest BCUT2D eigenvalue weighted by Gasteiger charge is -2.18. The number of rotatable bonds is 6. The van der Waals surface area contributed by atoms with E-state index in [2.05, 4.69) is 5.32 Å². The highest BCUT2D eigenvalue weighted by Gasteiger charge is 2.13. The summed E-state index contributed by atoms with van der Waals surface area (Å²) in [6, 6.07) is 20.4. The van der Waals surface area contributed by atoms with Crippen LogP contribution in [0.5, 0.6) is 5.75 Å². The zero-order valence-corrected chi connectivity index (χ0v) is 16.8. The quantitative estimate of drug-likeness (QED) is 0.390. The van der Waals surface area contributed by atoms with Gasteiger partial charge in [-0.1, -0.05) is 30.3 Å². The molecule has 0 unspecified atom stereocenters. The summed E-state index contributed by atoms with van der Waals surface area (Å²) >= 11 is 0. The summed E-state index contributed by atoms with van der Waals surface area (Å²) in [6.07, 6.45) is 0. The third-order valence-corrected chi connectivity index (χ3v) is 4.94. The molecule has 3 aromatic carbocycles. The SMILES string of the molecule is COc1ccc(NC(=O)CN(C)Cc2cc(=O)oc3ccc4ccccc4c23)cc1. The van der Waals surface area contributed by atoms with Crippen LogP contribution in [0.15, 0.2) is 75.9 Å². The maximum Gasteiger partial charge on any atom is 0.336 e. The normalized spacial score (nSPS) is 11.2. The summed E-state index contributed by atoms with van der Waals surface area (Å²) in [4.78, 5) is 26.4. The number of anilines is 1. The third-order valence-electron chi connectivity index (χ3n) is 4.94. The van der Waals surface area contributed by atoms with Crippen LogP contribution in [0.3, 0.4) is 0 Å². The molecule has 0 saturated carbocycles. The maximum absolute atomic E-state index is 12.4. The monoisotopic (exact) mass is 402 g/mol. The van der Waals surface area contributed by atoms with E-state index in [0.717, 1.165) is 27.5 Å². The number of likely N-dealkylation sites (N-methyl/N-ethyl adjacent to an activating group) is 1. The summed E-state index contributed by atoms with van der Waals surface area (Å²) in [7, 11) is 3.44. The second-order valence-electron chi connectivity index (χ2n) is 7.20. The van der Waals surface area contributed by atoms with Crippen LogP contribution < -0.4 is 15.7 Å². The van der Waals surface area contributed by atoms with E-state index in [1.165, 1.54) is 6.07 Å². The zero-order valence-electron chi connectivity index (χ0n) is 16.8. The average Bonchev–Trinajstić information content (AvgIpc) is 2.73. The van der Waals surface area contributed by atoms with Gasteiger partial charge in [-0.25, -0.2) is 4.79 Å². The first-order valence-electron chi connectivity index (χ1n) is 9.60. The molecule has 0 saturated heterocycles. The van der Waals surface area contributed by atoms with Crippen molar-refractivity contribution in [3.63, 3.8) is 0 Å². The minimum atomic E-state index is -0.399. The van der Waals surface area contributed by atoms with Gasteiger partial charge in [0, 0.05) is 23.7 Å². The van der Waals surface area contributed by atoms with Gasteiger partial charge in [0.25, 0.3) is 0 Å². The number of carbonyl (C=O) groups is 1. The number of methoxy groups -OCH3 is 1. The standard InChI is InChI=1S/C24H22N2O4/c1-26(15-22(27)25-18-8-10-19(29-2)11-9-18)14-17-13-23(28)30-21-12-7-16-5-3-4-6-20(16)24(17)21/h3-13H,14-15H2,1-2H3,(H,25,27). The van der Waals surface area contributed by atoms with E-state index in [9.17, 15) is 9.59 Å². The Kier molecular flexibility index (Phi) is 5.50. The smallest absolute Gasteiger partial charge is 0.336 e. The van der Waals surface area contributed by atoms with Crippen LogP contribution in [0.2, 0.25) is 0 Å². The lowest BCUT2D eigenvalue weighted by atomic mass is 10.0. The number of amides is 1. The summed E-state index contributed by atoms with van der Waals surface area (Å²) in [5, 5.41) is 5.86. The molecule has 30 heavy (non-hydrogen) atoms. The van der Waals surface area contributed by atoms with Crippen molar-refractivity contribution in [3.8, 4) is 5.75 Å². The molecule has 1 amide bonds. The summed E-state index contributed by atoms with van der Waals surface area (Å²) in [6.45, 7) is 0.616. The number of nitrogens with one attached hydrogen (secondary N) is 1. The highest BCUT2D eigenvalue weighted by atomic mass is 16.5. The molecule has 0 bridgehead atoms. The predicted octanol–water partition coefficient (Wildman–Crippen LogP) is 4.03. The van der Waals surface area contributed by atoms with Crippen LogP contribution in [-0.2, 0) is 11.3 Å². The van der Waals surface area contributed by atoms with Crippen LogP contribution in [0, 0.1) is 0 Å². The Morgan fingerprint density at radius 3 is 2.60 bits per heavy atom. The van der Waals surface area contributed by atoms with Gasteiger partial charge in [-0.3, -0.25) is 9.69 Å². The highest BCUT2D eigenvalue weighted by Crippen LogP contribution is 2.28. The molecule has 0 fully saturated rings. The lowest BCUT2D eigenvalue weighted by molar-refractivity contribution is -0.117. The minimum Gasteiger partial charge on any atom is -0.497 e. The Morgan fingerprint density at radius 2 is 1.83 bits per heavy atom. The summed E-state index contributed by atoms with van der Waals surface area (Å²) < 4.78 is 10.5. The molecule has 4 rings (SSSR count). The van der Waals surface area contributed by atoms with E-state index in [0.29, 0.717) is 17.8 Å². The van der Waals surface area contributed by atoms with E-state index in [-0.39, 0.29) is 12.5 Å². The number of ether oxygens (including phenoxy) is 1. The predicted molar refractivity (Wildman–Crippen MR) is 118 cm³/mol. The Balaban J connectivity index is 1.55. The van der Waals surface area contributed by atoms with E-state index in [4.69, 9.17) is 9.15 Å². The fraction of sp³-hybridized carbons (Fsp3) is 0.167. The molecule has 4 aromatic rings. The molecule has 152 valence electrons. The molecule has 1 heterocycles. The second kappa shape index (κ2) is 8.39. The Hall–Kier alpha value is -3.64. The average molecular weight is 402 g/mol. The number of carbonyl (C=O) groups excluding carboxylic acids is 1. The van der Waals surface area contributed by atoms with Gasteiger partial charge in [0.2, 0.25) is 5.91 Å². The van der Waals surface area contributed by atoms with Gasteiger partial charge in [-0.05, 0) is 53.7 Å². The summed E-state index contributed by atoms with van der Waals surface area (Å²) in [5.74, 6) is 0.590. The van der Waals surface area contributed by atoms with Crippen molar-refractivity contribution in [2.24, 2.45) is 0 Å². The van der Waals surface area contributed by atoms with Crippen molar-refractivity contribution < 1.29 is 13.9 Å². The second-order valence-corrected chi connectivity index (χ2v) is 7.20. The number of fused-ring (bicyclic) bond motifs is 3. The van der Waals surface area contributed by atoms with Crippen molar-refractivity contribution >= 4 is 33.3 Å². The van der Waals surface area contributed by atoms with Gasteiger partial charge in [0.05, 0.1) is 13.7 Å². The minimum absolute atomic E-state index is 0.139. The van der Waals surface area contributed by atoms with E-state index < -0.39 is 5.63 Å². The van der Waals surface area contributed by atoms with E-state index in [1.54, 1.807) is 31.4 Å². The van der Waals surface area contributed by atoms with Crippen molar-refractivity contribution in [2.75, 3.05) is 26.0 Å². The molecule has 0 aliphatic rings. The Morgan fingerprint density at radius 1 is 1.07 bits per heavy atom. The molecule has 1 aromatic heterocycles. The van der Waals surface area contributed by atoms with Crippen LogP contribution in [-0.4, -0.2) is 31.5 Å². The Bertz CT molecular complexity index is 1260. The zero-order chi connectivity index (χ0) is 21.1. The molecule has 0 atom stereocenters. The van der Waals surface area contributed by atoms with E-state index >= 15 is 0 Å². The van der Waals surface area contributed by atoms with Crippen molar-refractivity contribution in [1.29, 1.82) is 0 Å². The van der Waals surface area contributed by atoms with Crippen molar-refractivity contribution in [2.45, 2.75) is 6.54 Å². The molecular weight excluding hydrogens is 380 g/mol. The Labute approximate surface area is 173 Å². The van der Waals surface area contributed by atoms with Crippen molar-refractivity contribution in [1.82, 2.24) is 4.90 Å². The molecule has 6 nitrogen and oxygen atoms in total. The highest BCUT2D eigenvalue weighted by molar-refractivity contribution is 6.07. The molecule has 0 aliphatic carbocycles. The van der Waals surface area contributed by atoms with Gasteiger partial charge < -0.3 is 14.5 Å². The molecule has 0 aliphatic heterocycles. The molecule has 0 radical (unpaired) electrons. The first-order chi connectivity index (χ1) is 14.5. The van der Waals surface area contributed by atoms with Crippen LogP contribution in [0.25, 0.3) is 21.7 Å². The van der Waals surface area contributed by atoms with Crippen LogP contribution >= 0.6 is 0 Å². The molecule has 1 N–H and O–H groups in total. The van der Waals surface area contributed by atoms with E-state index in [1.807, 2.05) is 48.3 Å². The van der Waals surface area contributed by atoms with Gasteiger partial charge >= 0.3 is 5.63 Å². The van der Waals surface area contributed by atoms with Gasteiger partial charge in [0.15, 0.2) is 0 Å². The maximum atomic E-state index is 12.4.